The lowest BCUT2D eigenvalue weighted by atomic mass is 9.72. The van der Waals surface area contributed by atoms with Crippen molar-refractivity contribution in [2.24, 2.45) is 5.73 Å². The minimum absolute atomic E-state index is 0.210. The number of aromatic nitrogens is 1. The average Bonchev–Trinajstić information content (AvgIpc) is 2.32. The van der Waals surface area contributed by atoms with Crippen LogP contribution >= 0.6 is 0 Å². The normalized spacial score (nSPS) is 20.1. The molecule has 0 radical (unpaired) electrons. The third-order valence-corrected chi connectivity index (χ3v) is 3.35. The Balaban J connectivity index is 2.25. The molecule has 0 bridgehead atoms. The third kappa shape index (κ3) is 2.19. The van der Waals surface area contributed by atoms with E-state index in [0.717, 1.165) is 39.0 Å². The van der Waals surface area contributed by atoms with E-state index < -0.39 is 0 Å². The summed E-state index contributed by atoms with van der Waals surface area (Å²) in [5.74, 6) is 0. The van der Waals surface area contributed by atoms with Crippen LogP contribution in [0.5, 0.6) is 0 Å². The van der Waals surface area contributed by atoms with Gasteiger partial charge in [0.25, 0.3) is 0 Å². The maximum Gasteiger partial charge on any atom is 0.0474 e. The molecule has 1 aromatic rings. The van der Waals surface area contributed by atoms with E-state index in [4.69, 9.17) is 10.5 Å². The first-order chi connectivity index (χ1) is 7.37. The van der Waals surface area contributed by atoms with E-state index in [1.165, 1.54) is 5.56 Å². The fourth-order valence-corrected chi connectivity index (χ4v) is 2.40. The van der Waals surface area contributed by atoms with Gasteiger partial charge in [-0.25, -0.2) is 0 Å². The van der Waals surface area contributed by atoms with Gasteiger partial charge < -0.3 is 10.5 Å². The van der Waals surface area contributed by atoms with Gasteiger partial charge in [-0.15, -0.1) is 0 Å². The van der Waals surface area contributed by atoms with Gasteiger partial charge in [-0.2, -0.15) is 0 Å². The number of nitrogens with zero attached hydrogens (tertiary/aromatic N) is 1. The second kappa shape index (κ2) is 4.73. The Bertz CT molecular complexity index is 288. The van der Waals surface area contributed by atoms with Crippen molar-refractivity contribution in [1.82, 2.24) is 4.98 Å². The van der Waals surface area contributed by atoms with E-state index in [9.17, 15) is 0 Å². The van der Waals surface area contributed by atoms with Crippen LogP contribution in [0.4, 0.5) is 0 Å². The summed E-state index contributed by atoms with van der Waals surface area (Å²) in [6.07, 6.45) is 6.95. The van der Waals surface area contributed by atoms with Crippen molar-refractivity contribution in [3.05, 3.63) is 30.1 Å². The van der Waals surface area contributed by atoms with E-state index in [0.29, 0.717) is 0 Å². The molecule has 0 aromatic carbocycles. The summed E-state index contributed by atoms with van der Waals surface area (Å²) in [6.45, 7) is 2.42. The summed E-state index contributed by atoms with van der Waals surface area (Å²) >= 11 is 0. The molecule has 1 aliphatic rings. The Labute approximate surface area is 90.7 Å². The van der Waals surface area contributed by atoms with Crippen LogP contribution in [-0.2, 0) is 10.2 Å². The molecule has 2 N–H and O–H groups in total. The summed E-state index contributed by atoms with van der Waals surface area (Å²) in [5.41, 5.74) is 7.25. The summed E-state index contributed by atoms with van der Waals surface area (Å²) in [5, 5.41) is 0. The zero-order valence-electron chi connectivity index (χ0n) is 8.98. The minimum atomic E-state index is 0.210. The quantitative estimate of drug-likeness (QED) is 0.815. The first-order valence-corrected chi connectivity index (χ1v) is 5.56. The van der Waals surface area contributed by atoms with Crippen molar-refractivity contribution < 1.29 is 4.74 Å². The predicted molar refractivity (Wildman–Crippen MR) is 59.6 cm³/mol. The summed E-state index contributed by atoms with van der Waals surface area (Å²) < 4.78 is 5.43. The van der Waals surface area contributed by atoms with Gasteiger partial charge in [0, 0.05) is 31.0 Å². The van der Waals surface area contributed by atoms with E-state index >= 15 is 0 Å². The Morgan fingerprint density at radius 3 is 2.80 bits per heavy atom. The second-order valence-electron chi connectivity index (χ2n) is 4.17. The molecule has 0 spiro atoms. The van der Waals surface area contributed by atoms with Crippen LogP contribution in [0.3, 0.4) is 0 Å². The first kappa shape index (κ1) is 10.6. The zero-order valence-corrected chi connectivity index (χ0v) is 8.98. The number of rotatable bonds is 3. The van der Waals surface area contributed by atoms with Crippen molar-refractivity contribution >= 4 is 0 Å². The molecule has 3 heteroatoms. The van der Waals surface area contributed by atoms with Gasteiger partial charge in [0.1, 0.15) is 0 Å². The molecule has 82 valence electrons. The van der Waals surface area contributed by atoms with Gasteiger partial charge >= 0.3 is 0 Å². The van der Waals surface area contributed by atoms with Gasteiger partial charge in [-0.05, 0) is 37.4 Å². The maximum absolute atomic E-state index is 5.72. The minimum Gasteiger partial charge on any atom is -0.381 e. The lowest BCUT2D eigenvalue weighted by Crippen LogP contribution is -2.35. The van der Waals surface area contributed by atoms with Crippen molar-refractivity contribution in [2.75, 3.05) is 19.8 Å². The highest BCUT2D eigenvalue weighted by Gasteiger charge is 2.33. The van der Waals surface area contributed by atoms with Gasteiger partial charge in [-0.1, -0.05) is 6.07 Å². The standard InChI is InChI=1S/C12H18N2O/c13-6-3-12(4-8-15-9-5-12)11-2-1-7-14-10-11/h1-2,7,10H,3-6,8-9,13H2. The average molecular weight is 206 g/mol. The molecule has 1 fully saturated rings. The molecule has 1 aliphatic heterocycles. The van der Waals surface area contributed by atoms with Crippen molar-refractivity contribution in [3.8, 4) is 0 Å². The lowest BCUT2D eigenvalue weighted by Gasteiger charge is -2.37. The molecule has 1 aromatic heterocycles. The van der Waals surface area contributed by atoms with E-state index in [2.05, 4.69) is 11.1 Å². The monoisotopic (exact) mass is 206 g/mol. The van der Waals surface area contributed by atoms with Crippen LogP contribution in [0.1, 0.15) is 24.8 Å². The largest absolute Gasteiger partial charge is 0.381 e. The molecule has 1 saturated heterocycles. The summed E-state index contributed by atoms with van der Waals surface area (Å²) in [6, 6.07) is 4.16. The smallest absolute Gasteiger partial charge is 0.0474 e. The van der Waals surface area contributed by atoms with Crippen LogP contribution in [0.25, 0.3) is 0 Å². The highest BCUT2D eigenvalue weighted by Crippen LogP contribution is 2.37. The van der Waals surface area contributed by atoms with Gasteiger partial charge in [0.2, 0.25) is 0 Å². The van der Waals surface area contributed by atoms with Crippen LogP contribution in [0.2, 0.25) is 0 Å². The van der Waals surface area contributed by atoms with Crippen molar-refractivity contribution in [2.45, 2.75) is 24.7 Å². The zero-order chi connectivity index (χ0) is 10.6. The number of hydrogen-bond donors (Lipinski definition) is 1. The second-order valence-corrected chi connectivity index (χ2v) is 4.17. The maximum atomic E-state index is 5.72. The van der Waals surface area contributed by atoms with Crippen molar-refractivity contribution in [1.29, 1.82) is 0 Å². The van der Waals surface area contributed by atoms with Gasteiger partial charge in [-0.3, -0.25) is 4.98 Å². The van der Waals surface area contributed by atoms with Gasteiger partial charge in [0.15, 0.2) is 0 Å². The molecule has 0 aliphatic carbocycles. The molecule has 3 nitrogen and oxygen atoms in total. The highest BCUT2D eigenvalue weighted by atomic mass is 16.5. The highest BCUT2D eigenvalue weighted by molar-refractivity contribution is 5.22. The fourth-order valence-electron chi connectivity index (χ4n) is 2.40. The molecule has 15 heavy (non-hydrogen) atoms. The van der Waals surface area contributed by atoms with Crippen LogP contribution in [0, 0.1) is 0 Å². The first-order valence-electron chi connectivity index (χ1n) is 5.56. The van der Waals surface area contributed by atoms with E-state index in [1.54, 1.807) is 0 Å². The number of hydrogen-bond acceptors (Lipinski definition) is 3. The molecule has 0 atom stereocenters. The summed E-state index contributed by atoms with van der Waals surface area (Å²) in [4.78, 5) is 4.21. The Kier molecular flexibility index (Phi) is 3.34. The predicted octanol–water partition coefficient (Wildman–Crippen LogP) is 1.48. The summed E-state index contributed by atoms with van der Waals surface area (Å²) in [7, 11) is 0. The molecular weight excluding hydrogens is 188 g/mol. The molecule has 0 unspecified atom stereocenters. The van der Waals surface area contributed by atoms with Crippen LogP contribution in [-0.4, -0.2) is 24.7 Å². The molecule has 0 saturated carbocycles. The molecule has 2 heterocycles. The van der Waals surface area contributed by atoms with E-state index in [1.807, 2.05) is 18.5 Å². The number of pyridine rings is 1. The topological polar surface area (TPSA) is 48.1 Å². The Hall–Kier alpha value is -0.930. The van der Waals surface area contributed by atoms with Crippen LogP contribution in [0.15, 0.2) is 24.5 Å². The van der Waals surface area contributed by atoms with E-state index in [-0.39, 0.29) is 5.41 Å². The van der Waals surface area contributed by atoms with Crippen molar-refractivity contribution in [3.63, 3.8) is 0 Å². The Morgan fingerprint density at radius 1 is 1.40 bits per heavy atom. The SMILES string of the molecule is NCCC1(c2cccnc2)CCOCC1. The third-order valence-electron chi connectivity index (χ3n) is 3.35. The van der Waals surface area contributed by atoms with Gasteiger partial charge in [0.05, 0.1) is 0 Å². The number of ether oxygens (including phenoxy) is 1. The molecule has 2 rings (SSSR count). The van der Waals surface area contributed by atoms with Crippen LogP contribution < -0.4 is 5.73 Å². The number of nitrogens with two attached hydrogens (primary N) is 1. The Morgan fingerprint density at radius 2 is 2.20 bits per heavy atom. The molecular formula is C12H18N2O. The lowest BCUT2D eigenvalue weighted by molar-refractivity contribution is 0.0475. The molecule has 0 amide bonds. The fraction of sp³-hybridized carbons (Fsp3) is 0.583.